The third-order valence-corrected chi connectivity index (χ3v) is 3.57. The van der Waals surface area contributed by atoms with Crippen molar-refractivity contribution >= 4 is 17.6 Å². The molecule has 1 atom stereocenters. The van der Waals surface area contributed by atoms with Crippen molar-refractivity contribution in [3.05, 3.63) is 53.6 Å². The number of methoxy groups -OCH3 is 2. The van der Waals surface area contributed by atoms with E-state index in [1.165, 1.54) is 7.11 Å². The van der Waals surface area contributed by atoms with Crippen LogP contribution in [0.4, 0.5) is 5.69 Å². The first-order valence-corrected chi connectivity index (χ1v) is 7.75. The zero-order valence-corrected chi connectivity index (χ0v) is 14.7. The number of hydrogen-bond acceptors (Lipinski definition) is 5. The van der Waals surface area contributed by atoms with E-state index in [1.54, 1.807) is 44.4 Å². The number of esters is 1. The van der Waals surface area contributed by atoms with Crippen LogP contribution in [0.5, 0.6) is 11.5 Å². The second kappa shape index (κ2) is 8.19. The van der Waals surface area contributed by atoms with Gasteiger partial charge in [-0.05, 0) is 55.8 Å². The zero-order valence-electron chi connectivity index (χ0n) is 14.7. The molecule has 0 aromatic heterocycles. The van der Waals surface area contributed by atoms with Crippen LogP contribution in [0, 0.1) is 6.92 Å². The molecule has 0 fully saturated rings. The molecule has 0 spiro atoms. The molecule has 25 heavy (non-hydrogen) atoms. The maximum absolute atomic E-state index is 12.4. The van der Waals surface area contributed by atoms with E-state index in [9.17, 15) is 9.59 Å². The van der Waals surface area contributed by atoms with Crippen LogP contribution >= 0.6 is 0 Å². The first-order valence-electron chi connectivity index (χ1n) is 7.75. The van der Waals surface area contributed by atoms with Gasteiger partial charge in [0.1, 0.15) is 11.5 Å². The molecule has 0 radical (unpaired) electrons. The Labute approximate surface area is 146 Å². The maximum Gasteiger partial charge on any atom is 0.346 e. The molecule has 0 bridgehead atoms. The predicted octanol–water partition coefficient (Wildman–Crippen LogP) is 3.20. The Morgan fingerprint density at radius 2 is 1.72 bits per heavy atom. The Kier molecular flexibility index (Phi) is 6.00. The van der Waals surface area contributed by atoms with E-state index in [4.69, 9.17) is 9.47 Å². The summed E-state index contributed by atoms with van der Waals surface area (Å²) < 4.78 is 15.3. The minimum atomic E-state index is -0.721. The lowest BCUT2D eigenvalue weighted by molar-refractivity contribution is -0.147. The lowest BCUT2D eigenvalue weighted by Crippen LogP contribution is -2.24. The molecule has 1 amide bonds. The van der Waals surface area contributed by atoms with Gasteiger partial charge in [-0.2, -0.15) is 0 Å². The van der Waals surface area contributed by atoms with E-state index in [0.29, 0.717) is 22.7 Å². The lowest BCUT2D eigenvalue weighted by Gasteiger charge is -2.13. The van der Waals surface area contributed by atoms with Crippen molar-refractivity contribution in [1.29, 1.82) is 0 Å². The van der Waals surface area contributed by atoms with Crippen LogP contribution in [0.15, 0.2) is 42.5 Å². The molecule has 2 aromatic rings. The van der Waals surface area contributed by atoms with E-state index in [0.717, 1.165) is 5.56 Å². The molecule has 2 rings (SSSR count). The number of amides is 1. The van der Waals surface area contributed by atoms with Crippen molar-refractivity contribution in [3.63, 3.8) is 0 Å². The predicted molar refractivity (Wildman–Crippen MR) is 94.2 cm³/mol. The summed E-state index contributed by atoms with van der Waals surface area (Å²) in [5.41, 5.74) is 2.07. The number of nitrogens with one attached hydrogen (secondary N) is 1. The van der Waals surface area contributed by atoms with E-state index in [1.807, 2.05) is 19.1 Å². The number of anilines is 1. The maximum atomic E-state index is 12.4. The van der Waals surface area contributed by atoms with Crippen LogP contribution < -0.4 is 14.8 Å². The van der Waals surface area contributed by atoms with Crippen LogP contribution in [0.1, 0.15) is 22.8 Å². The van der Waals surface area contributed by atoms with Crippen molar-refractivity contribution in [2.75, 3.05) is 19.5 Å². The Bertz CT molecular complexity index is 755. The van der Waals surface area contributed by atoms with Gasteiger partial charge in [0, 0.05) is 5.56 Å². The summed E-state index contributed by atoms with van der Waals surface area (Å²) >= 11 is 0. The lowest BCUT2D eigenvalue weighted by atomic mass is 10.1. The molecular formula is C19H21NO5. The van der Waals surface area contributed by atoms with Gasteiger partial charge >= 0.3 is 5.97 Å². The van der Waals surface area contributed by atoms with E-state index >= 15 is 0 Å². The average molecular weight is 343 g/mol. The fourth-order valence-electron chi connectivity index (χ4n) is 2.22. The van der Waals surface area contributed by atoms with E-state index < -0.39 is 12.1 Å². The monoisotopic (exact) mass is 343 g/mol. The standard InChI is InChI=1S/C19H21NO5/c1-12-5-10-17(23-3)16(11-12)20-18(21)14-6-8-15(9-7-14)25-13(2)19(22)24-4/h5-11,13H,1-4H3,(H,20,21). The molecule has 2 aromatic carbocycles. The number of carbonyl (C=O) groups is 2. The van der Waals surface area contributed by atoms with Gasteiger partial charge in [-0.3, -0.25) is 4.79 Å². The topological polar surface area (TPSA) is 73.9 Å². The summed E-state index contributed by atoms with van der Waals surface area (Å²) in [6.45, 7) is 3.53. The normalized spacial score (nSPS) is 11.4. The van der Waals surface area contributed by atoms with Gasteiger partial charge in [0.15, 0.2) is 6.10 Å². The number of carbonyl (C=O) groups excluding carboxylic acids is 2. The zero-order chi connectivity index (χ0) is 18.4. The van der Waals surface area contributed by atoms with Crippen LogP contribution in [0.2, 0.25) is 0 Å². The second-order valence-electron chi connectivity index (χ2n) is 5.47. The molecule has 0 saturated carbocycles. The summed E-state index contributed by atoms with van der Waals surface area (Å²) in [5.74, 6) is 0.332. The van der Waals surface area contributed by atoms with Gasteiger partial charge in [-0.25, -0.2) is 4.79 Å². The number of ether oxygens (including phenoxy) is 3. The van der Waals surface area contributed by atoms with Gasteiger partial charge in [0.25, 0.3) is 5.91 Å². The smallest absolute Gasteiger partial charge is 0.346 e. The Hall–Kier alpha value is -3.02. The summed E-state index contributed by atoms with van der Waals surface area (Å²) in [7, 11) is 2.85. The van der Waals surface area contributed by atoms with Crippen LogP contribution in [-0.2, 0) is 9.53 Å². The van der Waals surface area contributed by atoms with Crippen LogP contribution in [0.25, 0.3) is 0 Å². The molecule has 1 unspecified atom stereocenters. The Morgan fingerprint density at radius 1 is 1.04 bits per heavy atom. The fourth-order valence-corrected chi connectivity index (χ4v) is 2.22. The minimum Gasteiger partial charge on any atom is -0.495 e. The molecule has 0 aliphatic rings. The van der Waals surface area contributed by atoms with Crippen molar-refractivity contribution in [3.8, 4) is 11.5 Å². The van der Waals surface area contributed by atoms with Gasteiger partial charge in [0.05, 0.1) is 19.9 Å². The second-order valence-corrected chi connectivity index (χ2v) is 5.47. The van der Waals surface area contributed by atoms with Gasteiger partial charge in [0.2, 0.25) is 0 Å². The van der Waals surface area contributed by atoms with Crippen molar-refractivity contribution in [1.82, 2.24) is 0 Å². The quantitative estimate of drug-likeness (QED) is 0.816. The first kappa shape index (κ1) is 18.3. The summed E-state index contributed by atoms with van der Waals surface area (Å²) in [4.78, 5) is 23.8. The third-order valence-electron chi connectivity index (χ3n) is 3.57. The molecule has 6 nitrogen and oxygen atoms in total. The van der Waals surface area contributed by atoms with Gasteiger partial charge < -0.3 is 19.5 Å². The van der Waals surface area contributed by atoms with Gasteiger partial charge in [-0.1, -0.05) is 6.07 Å². The number of aryl methyl sites for hydroxylation is 1. The van der Waals surface area contributed by atoms with Crippen LogP contribution in [-0.4, -0.2) is 32.2 Å². The molecule has 0 aliphatic carbocycles. The molecule has 1 N–H and O–H groups in total. The van der Waals surface area contributed by atoms with Crippen molar-refractivity contribution in [2.45, 2.75) is 20.0 Å². The highest BCUT2D eigenvalue weighted by molar-refractivity contribution is 6.05. The SMILES string of the molecule is COC(=O)C(C)Oc1ccc(C(=O)Nc2cc(C)ccc2OC)cc1. The van der Waals surface area contributed by atoms with Crippen molar-refractivity contribution < 1.29 is 23.8 Å². The Morgan fingerprint density at radius 3 is 2.32 bits per heavy atom. The van der Waals surface area contributed by atoms with E-state index in [-0.39, 0.29) is 5.91 Å². The number of benzene rings is 2. The largest absolute Gasteiger partial charge is 0.495 e. The van der Waals surface area contributed by atoms with E-state index in [2.05, 4.69) is 10.1 Å². The summed E-state index contributed by atoms with van der Waals surface area (Å²) in [6.07, 6.45) is -0.721. The summed E-state index contributed by atoms with van der Waals surface area (Å²) in [5, 5.41) is 2.83. The third kappa shape index (κ3) is 4.73. The molecular weight excluding hydrogens is 322 g/mol. The number of hydrogen-bond donors (Lipinski definition) is 1. The summed E-state index contributed by atoms with van der Waals surface area (Å²) in [6, 6.07) is 12.0. The molecule has 0 saturated heterocycles. The highest BCUT2D eigenvalue weighted by Crippen LogP contribution is 2.26. The fraction of sp³-hybridized carbons (Fsp3) is 0.263. The average Bonchev–Trinajstić information content (AvgIpc) is 2.61. The molecule has 6 heteroatoms. The molecule has 132 valence electrons. The first-order chi connectivity index (χ1) is 11.9. The molecule has 0 heterocycles. The van der Waals surface area contributed by atoms with Gasteiger partial charge in [-0.15, -0.1) is 0 Å². The minimum absolute atomic E-state index is 0.267. The molecule has 0 aliphatic heterocycles. The van der Waals surface area contributed by atoms with Crippen LogP contribution in [0.3, 0.4) is 0 Å². The highest BCUT2D eigenvalue weighted by atomic mass is 16.6. The number of rotatable bonds is 6. The Balaban J connectivity index is 2.08. The highest BCUT2D eigenvalue weighted by Gasteiger charge is 2.15. The van der Waals surface area contributed by atoms with Crippen molar-refractivity contribution in [2.24, 2.45) is 0 Å².